The number of allylic oxidation sites excluding steroid dienone is 2. The van der Waals surface area contributed by atoms with E-state index in [0.29, 0.717) is 10.8 Å². The lowest BCUT2D eigenvalue weighted by molar-refractivity contribution is -0.284. The Bertz CT molecular complexity index is 259. The quantitative estimate of drug-likeness (QED) is 0.546. The van der Waals surface area contributed by atoms with Gasteiger partial charge < -0.3 is 0 Å². The first-order valence-corrected chi connectivity index (χ1v) is 4.80. The molecule has 0 saturated heterocycles. The van der Waals surface area contributed by atoms with Crippen molar-refractivity contribution >= 4 is 0 Å². The number of hydrogen-bond acceptors (Lipinski definition) is 0. The maximum atomic E-state index is 4.13. The van der Waals surface area contributed by atoms with E-state index in [1.165, 1.54) is 12.0 Å². The Hall–Kier alpha value is -0.520. The maximum Gasteiger partial charge on any atom is 0.00322 e. The Morgan fingerprint density at radius 1 is 1.50 bits per heavy atom. The van der Waals surface area contributed by atoms with Gasteiger partial charge in [-0.25, -0.2) is 0 Å². The zero-order valence-electron chi connectivity index (χ0n) is 8.35. The van der Waals surface area contributed by atoms with Gasteiger partial charge in [-0.3, -0.25) is 0 Å². The lowest BCUT2D eigenvalue weighted by Gasteiger charge is -2.80. The minimum atomic E-state index is 0.416. The molecule has 0 amide bonds. The predicted molar refractivity (Wildman–Crippen MR) is 52.8 cm³/mol. The lowest BCUT2D eigenvalue weighted by Crippen LogP contribution is -2.74. The molecule has 0 heteroatoms. The Labute approximate surface area is 75.4 Å². The van der Waals surface area contributed by atoms with Gasteiger partial charge in [0.15, 0.2) is 0 Å². The van der Waals surface area contributed by atoms with Gasteiger partial charge in [0.2, 0.25) is 0 Å². The summed E-state index contributed by atoms with van der Waals surface area (Å²) < 4.78 is 0. The molecule has 3 rings (SSSR count). The van der Waals surface area contributed by atoms with E-state index < -0.39 is 0 Å². The van der Waals surface area contributed by atoms with Crippen LogP contribution in [0.4, 0.5) is 0 Å². The molecule has 3 atom stereocenters. The van der Waals surface area contributed by atoms with Gasteiger partial charge >= 0.3 is 0 Å². The van der Waals surface area contributed by atoms with E-state index in [4.69, 9.17) is 0 Å². The Morgan fingerprint density at radius 3 is 2.25 bits per heavy atom. The summed E-state index contributed by atoms with van der Waals surface area (Å²) in [6, 6.07) is 0. The van der Waals surface area contributed by atoms with Crippen LogP contribution in [0.15, 0.2) is 24.8 Å². The van der Waals surface area contributed by atoms with Crippen molar-refractivity contribution in [3.8, 4) is 0 Å². The summed E-state index contributed by atoms with van der Waals surface area (Å²) in [6.07, 6.45) is 3.31. The average molecular weight is 162 g/mol. The topological polar surface area (TPSA) is 0 Å². The minimum Gasteiger partial charge on any atom is -0.0988 e. The zero-order chi connectivity index (χ0) is 9.15. The summed E-state index contributed by atoms with van der Waals surface area (Å²) in [5.41, 5.74) is 2.18. The summed E-state index contributed by atoms with van der Waals surface area (Å²) in [6.45, 7) is 15.1. The molecule has 3 unspecified atom stereocenters. The summed E-state index contributed by atoms with van der Waals surface area (Å²) >= 11 is 0. The Kier molecular flexibility index (Phi) is 1.26. The molecule has 0 aromatic rings. The molecule has 0 spiro atoms. The van der Waals surface area contributed by atoms with Crippen molar-refractivity contribution in [1.82, 2.24) is 0 Å². The zero-order valence-corrected chi connectivity index (χ0v) is 8.35. The highest BCUT2D eigenvalue weighted by atomic mass is 14.8. The van der Waals surface area contributed by atoms with E-state index in [-0.39, 0.29) is 0 Å². The fraction of sp³-hybridized carbons (Fsp3) is 0.667. The first kappa shape index (κ1) is 8.10. The van der Waals surface area contributed by atoms with Crippen molar-refractivity contribution in [3.63, 3.8) is 0 Å². The molecule has 0 nitrogen and oxygen atoms in total. The van der Waals surface area contributed by atoms with Crippen molar-refractivity contribution < 1.29 is 0 Å². The molecule has 0 heterocycles. The molecule has 0 aromatic heterocycles. The van der Waals surface area contributed by atoms with Gasteiger partial charge in [0.25, 0.3) is 0 Å². The van der Waals surface area contributed by atoms with Crippen LogP contribution in [0.3, 0.4) is 0 Å². The van der Waals surface area contributed by atoms with E-state index >= 15 is 0 Å². The van der Waals surface area contributed by atoms with Crippen LogP contribution in [0.2, 0.25) is 0 Å². The fourth-order valence-electron chi connectivity index (χ4n) is 3.75. The van der Waals surface area contributed by atoms with Crippen LogP contribution in [0.5, 0.6) is 0 Å². The molecular weight excluding hydrogens is 144 g/mol. The molecule has 66 valence electrons. The standard InChI is InChI=1S/C12H18/c1-6-8(2)12-7-10(9(12)3)11(12,4)5/h6,9-10H,1-2,7H2,3-5H3. The maximum absolute atomic E-state index is 4.13. The molecule has 0 radical (unpaired) electrons. The highest BCUT2D eigenvalue weighted by molar-refractivity contribution is 5.39. The van der Waals surface area contributed by atoms with E-state index in [9.17, 15) is 0 Å². The van der Waals surface area contributed by atoms with E-state index in [1.807, 2.05) is 6.08 Å². The van der Waals surface area contributed by atoms with Gasteiger partial charge in [-0.15, -0.1) is 0 Å². The summed E-state index contributed by atoms with van der Waals surface area (Å²) in [7, 11) is 0. The Morgan fingerprint density at radius 2 is 2.08 bits per heavy atom. The third-order valence-electron chi connectivity index (χ3n) is 4.82. The predicted octanol–water partition coefficient (Wildman–Crippen LogP) is 3.41. The van der Waals surface area contributed by atoms with Crippen LogP contribution in [0.25, 0.3) is 0 Å². The summed E-state index contributed by atoms with van der Waals surface area (Å²) in [4.78, 5) is 0. The van der Waals surface area contributed by atoms with Crippen LogP contribution < -0.4 is 0 Å². The smallest absolute Gasteiger partial charge is 0.00322 e. The molecule has 0 N–H and O–H groups in total. The number of rotatable bonds is 2. The van der Waals surface area contributed by atoms with Crippen LogP contribution in [-0.2, 0) is 0 Å². The highest BCUT2D eigenvalue weighted by Crippen LogP contribution is 2.81. The molecule has 3 saturated carbocycles. The first-order chi connectivity index (χ1) is 5.48. The van der Waals surface area contributed by atoms with Crippen molar-refractivity contribution in [2.45, 2.75) is 27.2 Å². The molecule has 3 aliphatic rings. The monoisotopic (exact) mass is 162 g/mol. The summed E-state index contributed by atoms with van der Waals surface area (Å²) in [5.74, 6) is 1.78. The molecule has 0 aromatic carbocycles. The molecule has 2 bridgehead atoms. The van der Waals surface area contributed by atoms with Crippen molar-refractivity contribution in [3.05, 3.63) is 24.8 Å². The van der Waals surface area contributed by atoms with Crippen LogP contribution in [-0.4, -0.2) is 0 Å². The average Bonchev–Trinajstić information content (AvgIpc) is 2.00. The van der Waals surface area contributed by atoms with Gasteiger partial charge in [-0.2, -0.15) is 0 Å². The second-order valence-corrected chi connectivity index (χ2v) is 5.02. The number of hydrogen-bond donors (Lipinski definition) is 0. The van der Waals surface area contributed by atoms with Crippen molar-refractivity contribution in [1.29, 1.82) is 0 Å². The molecule has 0 aliphatic heterocycles. The SMILES string of the molecule is C=CC(=C)C12CC(C1C)C2(C)C. The first-order valence-electron chi connectivity index (χ1n) is 4.80. The van der Waals surface area contributed by atoms with Gasteiger partial charge in [0, 0.05) is 5.41 Å². The van der Waals surface area contributed by atoms with E-state index in [1.54, 1.807) is 0 Å². The van der Waals surface area contributed by atoms with E-state index in [0.717, 1.165) is 11.8 Å². The van der Waals surface area contributed by atoms with Crippen molar-refractivity contribution in [2.24, 2.45) is 22.7 Å². The molecule has 3 aliphatic carbocycles. The molecule has 3 fully saturated rings. The molecule has 12 heavy (non-hydrogen) atoms. The second kappa shape index (κ2) is 1.86. The van der Waals surface area contributed by atoms with Crippen LogP contribution in [0, 0.1) is 22.7 Å². The normalized spacial score (nSPS) is 47.2. The third-order valence-corrected chi connectivity index (χ3v) is 4.82. The van der Waals surface area contributed by atoms with Crippen molar-refractivity contribution in [2.75, 3.05) is 0 Å². The van der Waals surface area contributed by atoms with Gasteiger partial charge in [0.1, 0.15) is 0 Å². The van der Waals surface area contributed by atoms with Gasteiger partial charge in [0.05, 0.1) is 0 Å². The fourth-order valence-corrected chi connectivity index (χ4v) is 3.75. The second-order valence-electron chi connectivity index (χ2n) is 5.02. The third kappa shape index (κ3) is 0.485. The van der Waals surface area contributed by atoms with Crippen LogP contribution >= 0.6 is 0 Å². The summed E-state index contributed by atoms with van der Waals surface area (Å²) in [5, 5.41) is 0. The highest BCUT2D eigenvalue weighted by Gasteiger charge is 2.75. The lowest BCUT2D eigenvalue weighted by atomic mass is 9.24. The molecular formula is C12H18. The van der Waals surface area contributed by atoms with Gasteiger partial charge in [-0.1, -0.05) is 40.0 Å². The minimum absolute atomic E-state index is 0.416. The Balaban J connectivity index is 2.32. The van der Waals surface area contributed by atoms with Gasteiger partial charge in [-0.05, 0) is 29.2 Å². The van der Waals surface area contributed by atoms with Crippen LogP contribution in [0.1, 0.15) is 27.2 Å². The largest absolute Gasteiger partial charge is 0.0988 e. The van der Waals surface area contributed by atoms with E-state index in [2.05, 4.69) is 33.9 Å².